The zero-order chi connectivity index (χ0) is 17.3. The van der Waals surface area contributed by atoms with Gasteiger partial charge in [-0.25, -0.2) is 0 Å². The van der Waals surface area contributed by atoms with E-state index in [1.54, 1.807) is 10.8 Å². The van der Waals surface area contributed by atoms with E-state index >= 15 is 0 Å². The van der Waals surface area contributed by atoms with Gasteiger partial charge in [-0.05, 0) is 62.5 Å². The molecule has 1 aromatic heterocycles. The van der Waals surface area contributed by atoms with E-state index in [9.17, 15) is 4.79 Å². The maximum atomic E-state index is 12.7. The Kier molecular flexibility index (Phi) is 4.35. The molecular formula is C17H18N4O2S. The van der Waals surface area contributed by atoms with Crippen LogP contribution in [0.15, 0.2) is 36.0 Å². The molecule has 124 valence electrons. The lowest BCUT2D eigenvalue weighted by Gasteiger charge is -2.14. The van der Waals surface area contributed by atoms with Crippen LogP contribution < -0.4 is 15.0 Å². The maximum absolute atomic E-state index is 12.7. The molecule has 1 N–H and O–H groups in total. The molecule has 0 aliphatic carbocycles. The van der Waals surface area contributed by atoms with Crippen molar-refractivity contribution in [3.63, 3.8) is 0 Å². The highest BCUT2D eigenvalue weighted by Gasteiger charge is 2.32. The Morgan fingerprint density at radius 1 is 1.33 bits per heavy atom. The van der Waals surface area contributed by atoms with Gasteiger partial charge in [0.05, 0.1) is 23.7 Å². The SMILES string of the molecule is CCOc1ccc(N2C(=O)/C(=C\c3cc(C)nn3C)NC2=S)cc1. The van der Waals surface area contributed by atoms with Crippen molar-refractivity contribution in [3.8, 4) is 5.75 Å². The predicted octanol–water partition coefficient (Wildman–Crippen LogP) is 2.39. The third-order valence-corrected chi connectivity index (χ3v) is 3.90. The molecule has 3 rings (SSSR count). The minimum Gasteiger partial charge on any atom is -0.494 e. The number of aryl methyl sites for hydroxylation is 2. The number of hydrogen-bond acceptors (Lipinski definition) is 4. The summed E-state index contributed by atoms with van der Waals surface area (Å²) in [7, 11) is 1.83. The van der Waals surface area contributed by atoms with E-state index in [-0.39, 0.29) is 5.91 Å². The van der Waals surface area contributed by atoms with Crippen molar-refractivity contribution >= 4 is 35.0 Å². The zero-order valence-electron chi connectivity index (χ0n) is 13.7. The summed E-state index contributed by atoms with van der Waals surface area (Å²) in [5.74, 6) is 0.566. The molecule has 1 aliphatic heterocycles. The van der Waals surface area contributed by atoms with Gasteiger partial charge in [0.15, 0.2) is 5.11 Å². The Bertz CT molecular complexity index is 824. The lowest BCUT2D eigenvalue weighted by atomic mass is 10.2. The van der Waals surface area contributed by atoms with Crippen LogP contribution in [0.5, 0.6) is 5.75 Å². The second-order valence-electron chi connectivity index (χ2n) is 5.39. The van der Waals surface area contributed by atoms with Crippen molar-refractivity contribution in [1.82, 2.24) is 15.1 Å². The third-order valence-electron chi connectivity index (χ3n) is 3.61. The van der Waals surface area contributed by atoms with Crippen molar-refractivity contribution in [2.45, 2.75) is 13.8 Å². The number of aromatic nitrogens is 2. The van der Waals surface area contributed by atoms with Gasteiger partial charge in [-0.1, -0.05) is 0 Å². The number of anilines is 1. The second-order valence-corrected chi connectivity index (χ2v) is 5.78. The summed E-state index contributed by atoms with van der Waals surface area (Å²) in [5.41, 5.74) is 2.85. The number of benzene rings is 1. The van der Waals surface area contributed by atoms with Crippen molar-refractivity contribution in [2.24, 2.45) is 7.05 Å². The van der Waals surface area contributed by atoms with Crippen molar-refractivity contribution in [1.29, 1.82) is 0 Å². The molecule has 24 heavy (non-hydrogen) atoms. The number of rotatable bonds is 4. The van der Waals surface area contributed by atoms with Crippen LogP contribution >= 0.6 is 12.2 Å². The molecule has 1 aromatic carbocycles. The first-order valence-corrected chi connectivity index (χ1v) is 8.01. The molecule has 0 bridgehead atoms. The number of thiocarbonyl (C=S) groups is 1. The van der Waals surface area contributed by atoms with Crippen LogP contribution in [-0.4, -0.2) is 27.4 Å². The molecule has 7 heteroatoms. The van der Waals surface area contributed by atoms with E-state index in [2.05, 4.69) is 10.4 Å². The van der Waals surface area contributed by atoms with E-state index in [0.29, 0.717) is 23.1 Å². The minimum atomic E-state index is -0.192. The van der Waals surface area contributed by atoms with Crippen LogP contribution in [0.2, 0.25) is 0 Å². The molecule has 0 unspecified atom stereocenters. The van der Waals surface area contributed by atoms with Crippen LogP contribution in [0, 0.1) is 6.92 Å². The molecule has 2 heterocycles. The molecule has 0 spiro atoms. The van der Waals surface area contributed by atoms with Gasteiger partial charge in [-0.2, -0.15) is 5.10 Å². The highest BCUT2D eigenvalue weighted by atomic mass is 32.1. The number of carbonyl (C=O) groups is 1. The molecule has 0 saturated carbocycles. The highest BCUT2D eigenvalue weighted by molar-refractivity contribution is 7.80. The zero-order valence-corrected chi connectivity index (χ0v) is 14.6. The largest absolute Gasteiger partial charge is 0.494 e. The summed E-state index contributed by atoms with van der Waals surface area (Å²) in [6.07, 6.45) is 1.75. The maximum Gasteiger partial charge on any atom is 0.281 e. The molecular weight excluding hydrogens is 324 g/mol. The van der Waals surface area contributed by atoms with Crippen LogP contribution in [-0.2, 0) is 11.8 Å². The van der Waals surface area contributed by atoms with Gasteiger partial charge in [0, 0.05) is 7.05 Å². The molecule has 1 saturated heterocycles. The van der Waals surface area contributed by atoms with E-state index in [4.69, 9.17) is 17.0 Å². The van der Waals surface area contributed by atoms with Gasteiger partial charge < -0.3 is 10.1 Å². The Morgan fingerprint density at radius 3 is 2.62 bits per heavy atom. The van der Waals surface area contributed by atoms with Gasteiger partial charge in [0.25, 0.3) is 5.91 Å². The summed E-state index contributed by atoms with van der Waals surface area (Å²) < 4.78 is 7.14. The van der Waals surface area contributed by atoms with Gasteiger partial charge in [0.2, 0.25) is 0 Å². The Balaban J connectivity index is 1.87. The standard InChI is InChI=1S/C17H18N4O2S/c1-4-23-14-7-5-12(6-8-14)21-16(22)15(18-17(21)24)10-13-9-11(2)19-20(13)3/h5-10H,4H2,1-3H3,(H,18,24)/b15-10+. The van der Waals surface area contributed by atoms with E-state index in [1.807, 2.05) is 51.2 Å². The lowest BCUT2D eigenvalue weighted by Crippen LogP contribution is -2.30. The fourth-order valence-corrected chi connectivity index (χ4v) is 2.84. The van der Waals surface area contributed by atoms with Gasteiger partial charge in [0.1, 0.15) is 11.4 Å². The summed E-state index contributed by atoms with van der Waals surface area (Å²) in [5, 5.41) is 7.60. The van der Waals surface area contributed by atoms with Crippen LogP contribution in [0.3, 0.4) is 0 Å². The molecule has 6 nitrogen and oxygen atoms in total. The first-order valence-electron chi connectivity index (χ1n) is 7.60. The first-order chi connectivity index (χ1) is 11.5. The Hall–Kier alpha value is -2.67. The molecule has 1 amide bonds. The predicted molar refractivity (Wildman–Crippen MR) is 96.8 cm³/mol. The third kappa shape index (κ3) is 3.03. The Morgan fingerprint density at radius 2 is 2.04 bits per heavy atom. The molecule has 0 atom stereocenters. The first kappa shape index (κ1) is 16.2. The molecule has 1 aliphatic rings. The number of hydrogen-bond donors (Lipinski definition) is 1. The normalized spacial score (nSPS) is 16.0. The summed E-state index contributed by atoms with van der Waals surface area (Å²) >= 11 is 5.31. The summed E-state index contributed by atoms with van der Waals surface area (Å²) in [6.45, 7) is 4.43. The fourth-order valence-electron chi connectivity index (χ4n) is 2.54. The number of carbonyl (C=O) groups excluding carboxylic acids is 1. The molecule has 2 aromatic rings. The van der Waals surface area contributed by atoms with E-state index < -0.39 is 0 Å². The van der Waals surface area contributed by atoms with Gasteiger partial charge in [-0.15, -0.1) is 0 Å². The van der Waals surface area contributed by atoms with Gasteiger partial charge in [-0.3, -0.25) is 14.4 Å². The number of nitrogens with zero attached hydrogens (tertiary/aromatic N) is 3. The molecule has 1 fully saturated rings. The topological polar surface area (TPSA) is 59.4 Å². The van der Waals surface area contributed by atoms with Gasteiger partial charge >= 0.3 is 0 Å². The quantitative estimate of drug-likeness (QED) is 0.683. The monoisotopic (exact) mass is 342 g/mol. The summed E-state index contributed by atoms with van der Waals surface area (Å²) in [4.78, 5) is 14.2. The van der Waals surface area contributed by atoms with Crippen molar-refractivity contribution in [3.05, 3.63) is 47.4 Å². The van der Waals surface area contributed by atoms with E-state index in [1.165, 1.54) is 4.90 Å². The molecule has 0 radical (unpaired) electrons. The smallest absolute Gasteiger partial charge is 0.281 e. The average molecular weight is 342 g/mol. The number of nitrogens with one attached hydrogen (secondary N) is 1. The number of ether oxygens (including phenoxy) is 1. The Labute approximate surface area is 145 Å². The van der Waals surface area contributed by atoms with Crippen molar-refractivity contribution in [2.75, 3.05) is 11.5 Å². The number of amides is 1. The summed E-state index contributed by atoms with van der Waals surface area (Å²) in [6, 6.07) is 9.18. The van der Waals surface area contributed by atoms with Crippen molar-refractivity contribution < 1.29 is 9.53 Å². The van der Waals surface area contributed by atoms with Crippen LogP contribution in [0.25, 0.3) is 6.08 Å². The van der Waals surface area contributed by atoms with E-state index in [0.717, 1.165) is 17.1 Å². The lowest BCUT2D eigenvalue weighted by molar-refractivity contribution is -0.113. The highest BCUT2D eigenvalue weighted by Crippen LogP contribution is 2.25. The second kappa shape index (κ2) is 6.45. The fraction of sp³-hybridized carbons (Fsp3) is 0.235. The van der Waals surface area contributed by atoms with Crippen LogP contribution in [0.4, 0.5) is 5.69 Å². The van der Waals surface area contributed by atoms with Crippen LogP contribution in [0.1, 0.15) is 18.3 Å². The average Bonchev–Trinajstić information content (AvgIpc) is 3.00. The minimum absolute atomic E-state index is 0.192.